The molecule has 0 aromatic heterocycles. The van der Waals surface area contributed by atoms with Gasteiger partial charge in [0.1, 0.15) is 0 Å². The molecule has 15 heavy (non-hydrogen) atoms. The zero-order valence-corrected chi connectivity index (χ0v) is 12.2. The van der Waals surface area contributed by atoms with Gasteiger partial charge in [-0.3, -0.25) is 0 Å². The summed E-state index contributed by atoms with van der Waals surface area (Å²) in [6.07, 6.45) is 2.44. The van der Waals surface area contributed by atoms with Crippen molar-refractivity contribution in [2.45, 2.75) is 70.8 Å². The molecule has 0 aromatic carbocycles. The first-order chi connectivity index (χ1) is 6.78. The lowest BCUT2D eigenvalue weighted by Crippen LogP contribution is -2.41. The Kier molecular flexibility index (Phi) is 4.01. The van der Waals surface area contributed by atoms with E-state index < -0.39 is 8.32 Å². The minimum absolute atomic E-state index is 0.341. The summed E-state index contributed by atoms with van der Waals surface area (Å²) in [7, 11) is -1.50. The minimum atomic E-state index is -1.50. The van der Waals surface area contributed by atoms with E-state index in [1.807, 2.05) is 0 Å². The first-order valence-corrected chi connectivity index (χ1v) is 9.09. The summed E-state index contributed by atoms with van der Waals surface area (Å²) >= 11 is 0. The molecule has 1 N–H and O–H groups in total. The number of rotatable bonds is 5. The zero-order chi connectivity index (χ0) is 11.7. The van der Waals surface area contributed by atoms with Gasteiger partial charge in [-0.2, -0.15) is 0 Å². The van der Waals surface area contributed by atoms with Crippen LogP contribution in [0.4, 0.5) is 0 Å². The van der Waals surface area contributed by atoms with Crippen LogP contribution in [-0.2, 0) is 4.43 Å². The third-order valence-electron chi connectivity index (χ3n) is 3.94. The van der Waals surface area contributed by atoms with Gasteiger partial charge in [0, 0.05) is 18.7 Å². The Morgan fingerprint density at radius 1 is 1.20 bits per heavy atom. The van der Waals surface area contributed by atoms with Crippen molar-refractivity contribution in [1.29, 1.82) is 0 Å². The van der Waals surface area contributed by atoms with Crippen LogP contribution in [0.1, 0.15) is 40.5 Å². The van der Waals surface area contributed by atoms with Crippen LogP contribution in [0, 0.1) is 0 Å². The predicted molar refractivity (Wildman–Crippen MR) is 68.8 cm³/mol. The van der Waals surface area contributed by atoms with E-state index in [0.29, 0.717) is 5.04 Å². The van der Waals surface area contributed by atoms with Crippen molar-refractivity contribution in [3.63, 3.8) is 0 Å². The Morgan fingerprint density at radius 2 is 1.80 bits per heavy atom. The maximum atomic E-state index is 6.14. The van der Waals surface area contributed by atoms with Gasteiger partial charge in [0.2, 0.25) is 0 Å². The van der Waals surface area contributed by atoms with Crippen molar-refractivity contribution in [2.24, 2.45) is 0 Å². The van der Waals surface area contributed by atoms with Crippen LogP contribution in [0.25, 0.3) is 0 Å². The monoisotopic (exact) mass is 229 g/mol. The highest BCUT2D eigenvalue weighted by Gasteiger charge is 2.38. The number of nitrogens with one attached hydrogen (secondary N) is 1. The van der Waals surface area contributed by atoms with Gasteiger partial charge in [0.05, 0.1) is 0 Å². The Morgan fingerprint density at radius 3 is 2.20 bits per heavy atom. The second-order valence-electron chi connectivity index (χ2n) is 6.19. The van der Waals surface area contributed by atoms with E-state index >= 15 is 0 Å². The standard InChI is InChI=1S/C12H27NOSi/c1-7-10-11(13-10)8-9-14-15(5,6)12(2,3)4/h10-11,13H,7-9H2,1-6H3/t10-,11+/m1/s1. The van der Waals surface area contributed by atoms with Crippen LogP contribution >= 0.6 is 0 Å². The lowest BCUT2D eigenvalue weighted by Gasteiger charge is -2.36. The molecule has 1 saturated heterocycles. The van der Waals surface area contributed by atoms with Gasteiger partial charge in [-0.1, -0.05) is 27.7 Å². The van der Waals surface area contributed by atoms with Gasteiger partial charge in [-0.15, -0.1) is 0 Å². The molecule has 0 aromatic rings. The van der Waals surface area contributed by atoms with Crippen molar-refractivity contribution < 1.29 is 4.43 Å². The average Bonchev–Trinajstić information content (AvgIpc) is 2.81. The SMILES string of the molecule is CC[C@H]1N[C@H]1CCO[Si](C)(C)C(C)(C)C. The average molecular weight is 229 g/mol. The molecule has 0 radical (unpaired) electrons. The second-order valence-corrected chi connectivity index (χ2v) is 11.0. The maximum Gasteiger partial charge on any atom is 0.191 e. The molecule has 1 aliphatic heterocycles. The minimum Gasteiger partial charge on any atom is -0.417 e. The van der Waals surface area contributed by atoms with Gasteiger partial charge in [0.25, 0.3) is 0 Å². The third kappa shape index (κ3) is 3.57. The number of hydrogen-bond acceptors (Lipinski definition) is 2. The molecule has 2 atom stereocenters. The molecule has 3 heteroatoms. The van der Waals surface area contributed by atoms with Crippen LogP contribution in [0.2, 0.25) is 18.1 Å². The second kappa shape index (κ2) is 4.56. The van der Waals surface area contributed by atoms with E-state index in [9.17, 15) is 0 Å². The molecule has 2 nitrogen and oxygen atoms in total. The summed E-state index contributed by atoms with van der Waals surface area (Å²) in [5.74, 6) is 0. The zero-order valence-electron chi connectivity index (χ0n) is 11.2. The van der Waals surface area contributed by atoms with Crippen molar-refractivity contribution in [2.75, 3.05) is 6.61 Å². The normalized spacial score (nSPS) is 26.8. The maximum absolute atomic E-state index is 6.14. The lowest BCUT2D eigenvalue weighted by atomic mass is 10.2. The van der Waals surface area contributed by atoms with E-state index in [0.717, 1.165) is 18.7 Å². The molecule has 0 amide bonds. The molecule has 0 bridgehead atoms. The van der Waals surface area contributed by atoms with Crippen molar-refractivity contribution in [1.82, 2.24) is 5.32 Å². The molecular weight excluding hydrogens is 202 g/mol. The summed E-state index contributed by atoms with van der Waals surface area (Å²) < 4.78 is 6.14. The molecule has 1 rings (SSSR count). The summed E-state index contributed by atoms with van der Waals surface area (Å²) in [6, 6.07) is 1.51. The summed E-state index contributed by atoms with van der Waals surface area (Å²) in [5, 5.41) is 3.82. The molecule has 1 heterocycles. The summed E-state index contributed by atoms with van der Waals surface area (Å²) in [5.41, 5.74) is 0. The Labute approximate surface area is 95.9 Å². The molecule has 0 aliphatic carbocycles. The highest BCUT2D eigenvalue weighted by atomic mass is 28.4. The Bertz CT molecular complexity index is 210. The van der Waals surface area contributed by atoms with Crippen molar-refractivity contribution in [3.8, 4) is 0 Å². The fourth-order valence-corrected chi connectivity index (χ4v) is 2.63. The van der Waals surface area contributed by atoms with E-state index in [2.05, 4.69) is 46.1 Å². The van der Waals surface area contributed by atoms with Gasteiger partial charge in [-0.05, 0) is 31.0 Å². The van der Waals surface area contributed by atoms with Crippen LogP contribution in [-0.4, -0.2) is 27.0 Å². The molecule has 1 fully saturated rings. The van der Waals surface area contributed by atoms with Crippen LogP contribution in [0.3, 0.4) is 0 Å². The molecule has 0 saturated carbocycles. The molecule has 0 unspecified atom stereocenters. The molecular formula is C12H27NOSi. The molecule has 1 aliphatic rings. The van der Waals surface area contributed by atoms with Crippen LogP contribution in [0.5, 0.6) is 0 Å². The van der Waals surface area contributed by atoms with Crippen LogP contribution in [0.15, 0.2) is 0 Å². The van der Waals surface area contributed by atoms with E-state index in [-0.39, 0.29) is 0 Å². The highest BCUT2D eigenvalue weighted by molar-refractivity contribution is 6.74. The first kappa shape index (κ1) is 13.2. The van der Waals surface area contributed by atoms with E-state index in [4.69, 9.17) is 4.43 Å². The summed E-state index contributed by atoms with van der Waals surface area (Å²) in [4.78, 5) is 0. The number of hydrogen-bond donors (Lipinski definition) is 1. The predicted octanol–water partition coefficient (Wildman–Crippen LogP) is 3.15. The van der Waals surface area contributed by atoms with Crippen molar-refractivity contribution >= 4 is 8.32 Å². The lowest BCUT2D eigenvalue weighted by molar-refractivity contribution is 0.281. The largest absolute Gasteiger partial charge is 0.417 e. The van der Waals surface area contributed by atoms with Gasteiger partial charge < -0.3 is 9.74 Å². The van der Waals surface area contributed by atoms with Gasteiger partial charge in [-0.25, -0.2) is 0 Å². The highest BCUT2D eigenvalue weighted by Crippen LogP contribution is 2.36. The first-order valence-electron chi connectivity index (χ1n) is 6.18. The Hall–Kier alpha value is 0.137. The fraction of sp³-hybridized carbons (Fsp3) is 1.00. The summed E-state index contributed by atoms with van der Waals surface area (Å²) in [6.45, 7) is 14.7. The smallest absolute Gasteiger partial charge is 0.191 e. The van der Waals surface area contributed by atoms with Gasteiger partial charge >= 0.3 is 0 Å². The quantitative estimate of drug-likeness (QED) is 0.580. The van der Waals surface area contributed by atoms with Crippen LogP contribution < -0.4 is 5.32 Å². The molecule has 90 valence electrons. The van der Waals surface area contributed by atoms with Gasteiger partial charge in [0.15, 0.2) is 8.32 Å². The van der Waals surface area contributed by atoms with Crippen molar-refractivity contribution in [3.05, 3.63) is 0 Å². The molecule has 0 spiro atoms. The van der Waals surface area contributed by atoms with E-state index in [1.54, 1.807) is 0 Å². The Balaban J connectivity index is 2.20. The third-order valence-corrected chi connectivity index (χ3v) is 8.48. The fourth-order valence-electron chi connectivity index (χ4n) is 1.56. The van der Waals surface area contributed by atoms with E-state index in [1.165, 1.54) is 12.8 Å². The topological polar surface area (TPSA) is 31.2 Å².